The highest BCUT2D eigenvalue weighted by atomic mass is 19.1. The van der Waals surface area contributed by atoms with E-state index >= 15 is 0 Å². The third kappa shape index (κ3) is 3.72. The number of unbranched alkanes of at least 4 members (excludes halogenated alkanes) is 4. The lowest BCUT2D eigenvalue weighted by Gasteiger charge is -2.29. The molecule has 1 atom stereocenters. The van der Waals surface area contributed by atoms with E-state index in [2.05, 4.69) is 11.8 Å². The Kier molecular flexibility index (Phi) is 5.84. The van der Waals surface area contributed by atoms with Gasteiger partial charge in [0.1, 0.15) is 5.82 Å². The zero-order chi connectivity index (χ0) is 14.4. The van der Waals surface area contributed by atoms with Crippen molar-refractivity contribution in [1.82, 2.24) is 0 Å². The standard InChI is InChI=1S/C17H27FN2/c1-2-3-4-5-6-7-16(13-19)20-11-10-14-8-9-15(18)12-17(14)20/h8-9,12,16H,2-7,10-11,13,19H2,1H3. The lowest BCUT2D eigenvalue weighted by Crippen LogP contribution is -2.39. The zero-order valence-electron chi connectivity index (χ0n) is 12.6. The van der Waals surface area contributed by atoms with Gasteiger partial charge in [0.2, 0.25) is 0 Å². The van der Waals surface area contributed by atoms with Crippen molar-refractivity contribution in [1.29, 1.82) is 0 Å². The molecular weight excluding hydrogens is 251 g/mol. The van der Waals surface area contributed by atoms with Gasteiger partial charge in [0.05, 0.1) is 0 Å². The van der Waals surface area contributed by atoms with Gasteiger partial charge in [-0.2, -0.15) is 0 Å². The number of fused-ring (bicyclic) bond motifs is 1. The molecule has 0 saturated carbocycles. The van der Waals surface area contributed by atoms with Gasteiger partial charge in [0, 0.05) is 24.8 Å². The van der Waals surface area contributed by atoms with Gasteiger partial charge in [-0.3, -0.25) is 0 Å². The molecule has 0 bridgehead atoms. The second kappa shape index (κ2) is 7.63. The van der Waals surface area contributed by atoms with Crippen LogP contribution in [0.1, 0.15) is 51.0 Å². The third-order valence-corrected chi connectivity index (χ3v) is 4.33. The molecule has 20 heavy (non-hydrogen) atoms. The summed E-state index contributed by atoms with van der Waals surface area (Å²) in [5.41, 5.74) is 8.28. The average Bonchev–Trinajstić information content (AvgIpc) is 2.86. The van der Waals surface area contributed by atoms with E-state index in [9.17, 15) is 4.39 Å². The molecule has 1 heterocycles. The maximum atomic E-state index is 13.4. The highest BCUT2D eigenvalue weighted by Crippen LogP contribution is 2.31. The van der Waals surface area contributed by atoms with E-state index in [-0.39, 0.29) is 5.82 Å². The Bertz CT molecular complexity index is 419. The molecule has 0 aliphatic carbocycles. The number of hydrogen-bond acceptors (Lipinski definition) is 2. The van der Waals surface area contributed by atoms with Crippen LogP contribution < -0.4 is 10.6 Å². The summed E-state index contributed by atoms with van der Waals surface area (Å²) in [4.78, 5) is 2.32. The van der Waals surface area contributed by atoms with Crippen LogP contribution in [0, 0.1) is 5.82 Å². The minimum Gasteiger partial charge on any atom is -0.367 e. The first-order valence-electron chi connectivity index (χ1n) is 8.01. The van der Waals surface area contributed by atoms with Crippen LogP contribution in [0.4, 0.5) is 10.1 Å². The van der Waals surface area contributed by atoms with Crippen molar-refractivity contribution < 1.29 is 4.39 Å². The minimum absolute atomic E-state index is 0.144. The van der Waals surface area contributed by atoms with Crippen LogP contribution in [-0.4, -0.2) is 19.1 Å². The predicted molar refractivity (Wildman–Crippen MR) is 83.7 cm³/mol. The molecule has 1 aliphatic rings. The summed E-state index contributed by atoms with van der Waals surface area (Å²) in [5, 5.41) is 0. The second-order valence-corrected chi connectivity index (χ2v) is 5.81. The predicted octanol–water partition coefficient (Wildman–Crippen LogP) is 3.88. The monoisotopic (exact) mass is 278 g/mol. The van der Waals surface area contributed by atoms with Crippen LogP contribution in [0.25, 0.3) is 0 Å². The lowest BCUT2D eigenvalue weighted by molar-refractivity contribution is 0.517. The fourth-order valence-corrected chi connectivity index (χ4v) is 3.14. The fraction of sp³-hybridized carbons (Fsp3) is 0.647. The van der Waals surface area contributed by atoms with Crippen molar-refractivity contribution in [2.24, 2.45) is 5.73 Å². The molecule has 1 aliphatic heterocycles. The molecule has 1 aromatic carbocycles. The Morgan fingerprint density at radius 1 is 1.25 bits per heavy atom. The van der Waals surface area contributed by atoms with Crippen LogP contribution in [0.5, 0.6) is 0 Å². The quantitative estimate of drug-likeness (QED) is 0.731. The van der Waals surface area contributed by atoms with Gasteiger partial charge in [0.25, 0.3) is 0 Å². The van der Waals surface area contributed by atoms with Gasteiger partial charge in [0.15, 0.2) is 0 Å². The summed E-state index contributed by atoms with van der Waals surface area (Å²) in [6, 6.07) is 5.51. The van der Waals surface area contributed by atoms with Crippen LogP contribution in [0.15, 0.2) is 18.2 Å². The van der Waals surface area contributed by atoms with Crippen molar-refractivity contribution in [2.75, 3.05) is 18.0 Å². The van der Waals surface area contributed by atoms with E-state index < -0.39 is 0 Å². The number of anilines is 1. The van der Waals surface area contributed by atoms with E-state index in [4.69, 9.17) is 5.73 Å². The van der Waals surface area contributed by atoms with Gasteiger partial charge in [-0.25, -0.2) is 4.39 Å². The molecule has 0 aromatic heterocycles. The number of nitrogens with two attached hydrogens (primary N) is 1. The number of rotatable bonds is 8. The minimum atomic E-state index is -0.144. The third-order valence-electron chi connectivity index (χ3n) is 4.33. The van der Waals surface area contributed by atoms with E-state index in [1.54, 1.807) is 12.1 Å². The molecule has 0 spiro atoms. The summed E-state index contributed by atoms with van der Waals surface area (Å²) >= 11 is 0. The lowest BCUT2D eigenvalue weighted by atomic mass is 10.0. The van der Waals surface area contributed by atoms with Gasteiger partial charge in [-0.1, -0.05) is 45.1 Å². The van der Waals surface area contributed by atoms with Crippen molar-refractivity contribution in [2.45, 2.75) is 57.9 Å². The Balaban J connectivity index is 1.91. The number of nitrogens with zero attached hydrogens (tertiary/aromatic N) is 1. The molecule has 3 heteroatoms. The first-order valence-corrected chi connectivity index (χ1v) is 8.01. The number of benzene rings is 1. The van der Waals surface area contributed by atoms with Crippen LogP contribution >= 0.6 is 0 Å². The van der Waals surface area contributed by atoms with Crippen molar-refractivity contribution in [3.05, 3.63) is 29.6 Å². The van der Waals surface area contributed by atoms with Crippen molar-refractivity contribution >= 4 is 5.69 Å². The highest BCUT2D eigenvalue weighted by Gasteiger charge is 2.25. The second-order valence-electron chi connectivity index (χ2n) is 5.81. The normalized spacial score (nSPS) is 15.4. The molecule has 2 nitrogen and oxygen atoms in total. The van der Waals surface area contributed by atoms with E-state index in [0.29, 0.717) is 12.6 Å². The van der Waals surface area contributed by atoms with Gasteiger partial charge < -0.3 is 10.6 Å². The van der Waals surface area contributed by atoms with Gasteiger partial charge in [-0.05, 0) is 30.5 Å². The smallest absolute Gasteiger partial charge is 0.125 e. The van der Waals surface area contributed by atoms with Crippen LogP contribution in [-0.2, 0) is 6.42 Å². The fourth-order valence-electron chi connectivity index (χ4n) is 3.14. The maximum Gasteiger partial charge on any atom is 0.125 e. The van der Waals surface area contributed by atoms with Crippen LogP contribution in [0.2, 0.25) is 0 Å². The van der Waals surface area contributed by atoms with E-state index in [1.165, 1.54) is 37.7 Å². The zero-order valence-corrected chi connectivity index (χ0v) is 12.6. The summed E-state index contributed by atoms with van der Waals surface area (Å²) in [6.45, 7) is 3.87. The van der Waals surface area contributed by atoms with Gasteiger partial charge in [-0.15, -0.1) is 0 Å². The number of halogens is 1. The molecule has 1 aromatic rings. The molecule has 0 amide bonds. The molecule has 2 rings (SSSR count). The Morgan fingerprint density at radius 2 is 2.05 bits per heavy atom. The Labute approximate surface area is 122 Å². The first-order chi connectivity index (χ1) is 9.76. The summed E-state index contributed by atoms with van der Waals surface area (Å²) in [5.74, 6) is -0.144. The molecule has 112 valence electrons. The summed E-state index contributed by atoms with van der Waals surface area (Å²) in [6.07, 6.45) is 8.57. The van der Waals surface area contributed by atoms with Crippen molar-refractivity contribution in [3.63, 3.8) is 0 Å². The first kappa shape index (κ1) is 15.3. The highest BCUT2D eigenvalue weighted by molar-refractivity contribution is 5.59. The van der Waals surface area contributed by atoms with Crippen molar-refractivity contribution in [3.8, 4) is 0 Å². The molecule has 1 unspecified atom stereocenters. The average molecular weight is 278 g/mol. The SMILES string of the molecule is CCCCCCCC(CN)N1CCc2ccc(F)cc21. The molecule has 0 fully saturated rings. The molecular formula is C17H27FN2. The van der Waals surface area contributed by atoms with Gasteiger partial charge >= 0.3 is 0 Å². The Morgan fingerprint density at radius 3 is 2.80 bits per heavy atom. The largest absolute Gasteiger partial charge is 0.367 e. The summed E-state index contributed by atoms with van der Waals surface area (Å²) < 4.78 is 13.4. The van der Waals surface area contributed by atoms with E-state index in [0.717, 1.165) is 25.1 Å². The topological polar surface area (TPSA) is 29.3 Å². The summed E-state index contributed by atoms with van der Waals surface area (Å²) in [7, 11) is 0. The van der Waals surface area contributed by atoms with E-state index in [1.807, 2.05) is 6.07 Å². The Hall–Kier alpha value is -1.09. The molecule has 2 N–H and O–H groups in total. The van der Waals surface area contributed by atoms with Crippen LogP contribution in [0.3, 0.4) is 0 Å². The molecule has 0 saturated heterocycles. The number of hydrogen-bond donors (Lipinski definition) is 1. The molecule has 0 radical (unpaired) electrons. The maximum absolute atomic E-state index is 13.4.